The second kappa shape index (κ2) is 6.30. The van der Waals surface area contributed by atoms with Gasteiger partial charge in [0, 0.05) is 18.4 Å². The second-order valence-corrected chi connectivity index (χ2v) is 4.34. The van der Waals surface area contributed by atoms with Crippen LogP contribution >= 0.6 is 0 Å². The summed E-state index contributed by atoms with van der Waals surface area (Å²) in [6, 6.07) is 0.0625. The van der Waals surface area contributed by atoms with Gasteiger partial charge in [-0.05, 0) is 32.6 Å². The van der Waals surface area contributed by atoms with Crippen LogP contribution in [0.5, 0.6) is 0 Å². The van der Waals surface area contributed by atoms with E-state index in [0.29, 0.717) is 6.42 Å². The van der Waals surface area contributed by atoms with E-state index in [1.54, 1.807) is 0 Å². The molecule has 1 amide bonds. The van der Waals surface area contributed by atoms with Crippen LogP contribution in [0.25, 0.3) is 0 Å². The van der Waals surface area contributed by atoms with Gasteiger partial charge < -0.3 is 10.4 Å². The van der Waals surface area contributed by atoms with E-state index in [-0.39, 0.29) is 24.3 Å². The molecule has 4 heteroatoms. The van der Waals surface area contributed by atoms with Crippen molar-refractivity contribution in [3.63, 3.8) is 0 Å². The summed E-state index contributed by atoms with van der Waals surface area (Å²) in [7, 11) is 0. The topological polar surface area (TPSA) is 66.4 Å². The number of hydrogen-bond acceptors (Lipinski definition) is 2. The van der Waals surface area contributed by atoms with Gasteiger partial charge in [-0.2, -0.15) is 0 Å². The van der Waals surface area contributed by atoms with E-state index in [9.17, 15) is 9.59 Å². The fraction of sp³-hybridized carbons (Fsp3) is 0.667. The summed E-state index contributed by atoms with van der Waals surface area (Å²) in [5.74, 6) is -0.603. The molecule has 1 atom stereocenters. The molecule has 0 heterocycles. The van der Waals surface area contributed by atoms with Crippen molar-refractivity contribution >= 4 is 11.9 Å². The molecule has 90 valence electrons. The van der Waals surface area contributed by atoms with E-state index in [1.165, 1.54) is 0 Å². The number of carboxylic acids is 1. The number of allylic oxidation sites excluding steroid dienone is 2. The lowest BCUT2D eigenvalue weighted by Gasteiger charge is -2.16. The van der Waals surface area contributed by atoms with Crippen molar-refractivity contribution in [3.8, 4) is 0 Å². The van der Waals surface area contributed by atoms with Crippen LogP contribution in [0.4, 0.5) is 0 Å². The number of carbonyl (C=O) groups is 2. The molecule has 0 spiro atoms. The molecule has 0 aliphatic heterocycles. The molecule has 16 heavy (non-hydrogen) atoms. The molecule has 1 rings (SSSR count). The Balaban J connectivity index is 2.15. The third kappa shape index (κ3) is 4.47. The highest BCUT2D eigenvalue weighted by molar-refractivity contribution is 5.79. The maximum Gasteiger partial charge on any atom is 0.303 e. The lowest BCUT2D eigenvalue weighted by molar-refractivity contribution is -0.137. The van der Waals surface area contributed by atoms with Crippen molar-refractivity contribution < 1.29 is 14.7 Å². The van der Waals surface area contributed by atoms with Crippen LogP contribution in [0.1, 0.15) is 39.0 Å². The summed E-state index contributed by atoms with van der Waals surface area (Å²) in [6.07, 6.45) is 7.21. The zero-order valence-corrected chi connectivity index (χ0v) is 9.61. The first-order valence-corrected chi connectivity index (χ1v) is 5.76. The summed E-state index contributed by atoms with van der Waals surface area (Å²) < 4.78 is 0. The molecule has 0 aromatic rings. The van der Waals surface area contributed by atoms with E-state index < -0.39 is 5.97 Å². The fourth-order valence-corrected chi connectivity index (χ4v) is 1.82. The van der Waals surface area contributed by atoms with Crippen molar-refractivity contribution in [3.05, 3.63) is 12.2 Å². The molecule has 0 aromatic carbocycles. The van der Waals surface area contributed by atoms with Crippen LogP contribution in [-0.4, -0.2) is 23.0 Å². The molecule has 1 unspecified atom stereocenters. The minimum Gasteiger partial charge on any atom is -0.481 e. The molecule has 0 aromatic heterocycles. The first kappa shape index (κ1) is 12.7. The maximum atomic E-state index is 11.7. The van der Waals surface area contributed by atoms with E-state index in [1.807, 2.05) is 19.1 Å². The number of aliphatic carboxylic acids is 1. The first-order valence-electron chi connectivity index (χ1n) is 5.76. The van der Waals surface area contributed by atoms with Crippen molar-refractivity contribution in [2.24, 2.45) is 5.92 Å². The summed E-state index contributed by atoms with van der Waals surface area (Å²) >= 11 is 0. The van der Waals surface area contributed by atoms with Gasteiger partial charge in [0.2, 0.25) is 5.91 Å². The van der Waals surface area contributed by atoms with E-state index in [2.05, 4.69) is 5.32 Å². The Labute approximate surface area is 95.7 Å². The minimum atomic E-state index is -0.779. The third-order valence-electron chi connectivity index (χ3n) is 2.80. The monoisotopic (exact) mass is 225 g/mol. The number of carbonyl (C=O) groups excluding carboxylic acids is 1. The third-order valence-corrected chi connectivity index (χ3v) is 2.80. The highest BCUT2D eigenvalue weighted by Gasteiger charge is 2.20. The zero-order chi connectivity index (χ0) is 12.0. The van der Waals surface area contributed by atoms with E-state index in [4.69, 9.17) is 5.11 Å². The van der Waals surface area contributed by atoms with Gasteiger partial charge in [0.1, 0.15) is 0 Å². The summed E-state index contributed by atoms with van der Waals surface area (Å²) in [5, 5.41) is 11.4. The molecule has 0 radical (unpaired) electrons. The molecule has 0 saturated heterocycles. The number of nitrogens with one attached hydrogen (secondary N) is 1. The van der Waals surface area contributed by atoms with E-state index >= 15 is 0 Å². The number of carboxylic acid groups (broad SMARTS) is 1. The summed E-state index contributed by atoms with van der Waals surface area (Å²) in [5.41, 5.74) is 0. The Morgan fingerprint density at radius 1 is 1.44 bits per heavy atom. The molecule has 0 fully saturated rings. The Hall–Kier alpha value is -1.32. The minimum absolute atomic E-state index is 0.0625. The number of rotatable bonds is 6. The molecule has 1 aliphatic rings. The predicted octanol–water partition coefficient (Wildman–Crippen LogP) is 1.71. The average Bonchev–Trinajstić information content (AvgIpc) is 2.69. The molecule has 4 nitrogen and oxygen atoms in total. The van der Waals surface area contributed by atoms with Gasteiger partial charge in [0.15, 0.2) is 0 Å². The maximum absolute atomic E-state index is 11.7. The average molecular weight is 225 g/mol. The Kier molecular flexibility index (Phi) is 5.02. The smallest absolute Gasteiger partial charge is 0.303 e. The molecule has 0 bridgehead atoms. The highest BCUT2D eigenvalue weighted by atomic mass is 16.4. The highest BCUT2D eigenvalue weighted by Crippen LogP contribution is 2.17. The van der Waals surface area contributed by atoms with Gasteiger partial charge >= 0.3 is 5.97 Å². The second-order valence-electron chi connectivity index (χ2n) is 4.34. The van der Waals surface area contributed by atoms with Crippen LogP contribution in [0, 0.1) is 5.92 Å². The van der Waals surface area contributed by atoms with Gasteiger partial charge in [0.05, 0.1) is 0 Å². The van der Waals surface area contributed by atoms with E-state index in [0.717, 1.165) is 19.3 Å². The normalized spacial score (nSPS) is 17.3. The van der Waals surface area contributed by atoms with Crippen molar-refractivity contribution in [1.29, 1.82) is 0 Å². The standard InChI is InChI=1S/C12H19NO3/c1-9(5-4-8-11(14)15)13-12(16)10-6-2-3-7-10/h2-3,9-10H,4-8H2,1H3,(H,13,16)(H,14,15). The van der Waals surface area contributed by atoms with Crippen LogP contribution in [0.2, 0.25) is 0 Å². The first-order chi connectivity index (χ1) is 7.59. The number of hydrogen-bond donors (Lipinski definition) is 2. The van der Waals surface area contributed by atoms with Crippen LogP contribution in [0.3, 0.4) is 0 Å². The molecular formula is C12H19NO3. The fourth-order valence-electron chi connectivity index (χ4n) is 1.82. The molecule has 2 N–H and O–H groups in total. The molecule has 1 aliphatic carbocycles. The van der Waals surface area contributed by atoms with Crippen LogP contribution in [-0.2, 0) is 9.59 Å². The van der Waals surface area contributed by atoms with Gasteiger partial charge in [-0.3, -0.25) is 9.59 Å². The van der Waals surface area contributed by atoms with Crippen LogP contribution in [0.15, 0.2) is 12.2 Å². The largest absolute Gasteiger partial charge is 0.481 e. The van der Waals surface area contributed by atoms with Crippen molar-refractivity contribution in [2.45, 2.75) is 45.1 Å². The van der Waals surface area contributed by atoms with Crippen molar-refractivity contribution in [2.75, 3.05) is 0 Å². The molecular weight excluding hydrogens is 206 g/mol. The SMILES string of the molecule is CC(CCCC(=O)O)NC(=O)C1CC=CC1. The summed E-state index contributed by atoms with van der Waals surface area (Å²) in [4.78, 5) is 22.0. The van der Waals surface area contributed by atoms with Crippen LogP contribution < -0.4 is 5.32 Å². The van der Waals surface area contributed by atoms with Gasteiger partial charge in [-0.25, -0.2) is 0 Å². The quantitative estimate of drug-likeness (QED) is 0.676. The van der Waals surface area contributed by atoms with Gasteiger partial charge in [-0.1, -0.05) is 12.2 Å². The zero-order valence-electron chi connectivity index (χ0n) is 9.61. The Bertz CT molecular complexity index is 278. The lowest BCUT2D eigenvalue weighted by Crippen LogP contribution is -2.36. The van der Waals surface area contributed by atoms with Crippen molar-refractivity contribution in [1.82, 2.24) is 5.32 Å². The van der Waals surface area contributed by atoms with Gasteiger partial charge in [-0.15, -0.1) is 0 Å². The Morgan fingerprint density at radius 2 is 2.06 bits per heavy atom. The lowest BCUT2D eigenvalue weighted by atomic mass is 10.1. The summed E-state index contributed by atoms with van der Waals surface area (Å²) in [6.45, 7) is 1.92. The number of amides is 1. The molecule has 0 saturated carbocycles. The van der Waals surface area contributed by atoms with Gasteiger partial charge in [0.25, 0.3) is 0 Å². The Morgan fingerprint density at radius 3 is 2.62 bits per heavy atom. The predicted molar refractivity (Wildman–Crippen MR) is 61.0 cm³/mol.